The molecule has 0 unspecified atom stereocenters. The molecule has 1 atom stereocenters. The number of carbonyl (C=O) groups is 2. The fourth-order valence-electron chi connectivity index (χ4n) is 3.99. The van der Waals surface area contributed by atoms with E-state index in [1.54, 1.807) is 6.07 Å². The predicted molar refractivity (Wildman–Crippen MR) is 101 cm³/mol. The Labute approximate surface area is 153 Å². The summed E-state index contributed by atoms with van der Waals surface area (Å²) in [5, 5.41) is 0. The van der Waals surface area contributed by atoms with Crippen LogP contribution in [0.3, 0.4) is 0 Å². The van der Waals surface area contributed by atoms with Crippen molar-refractivity contribution in [2.24, 2.45) is 0 Å². The predicted octanol–water partition coefficient (Wildman–Crippen LogP) is 3.35. The number of likely N-dealkylation sites (tertiary alicyclic amines) is 1. The number of fused-ring (bicyclic) bond motifs is 1. The van der Waals surface area contributed by atoms with Gasteiger partial charge in [0.1, 0.15) is 6.54 Å². The zero-order valence-electron chi connectivity index (χ0n) is 14.7. The maximum atomic E-state index is 12.9. The molecule has 4 heteroatoms. The highest BCUT2D eigenvalue weighted by Crippen LogP contribution is 2.31. The van der Waals surface area contributed by atoms with Gasteiger partial charge >= 0.3 is 0 Å². The van der Waals surface area contributed by atoms with Crippen molar-refractivity contribution in [1.82, 2.24) is 9.80 Å². The molecule has 2 aliphatic rings. The first-order chi connectivity index (χ1) is 12.6. The molecule has 2 aromatic carbocycles. The van der Waals surface area contributed by atoms with Crippen LogP contribution in [0.5, 0.6) is 0 Å². The average molecular weight is 346 g/mol. The number of carbonyl (C=O) groups excluding carboxylic acids is 2. The zero-order valence-corrected chi connectivity index (χ0v) is 14.7. The molecule has 26 heavy (non-hydrogen) atoms. The quantitative estimate of drug-likeness (QED) is 0.852. The van der Waals surface area contributed by atoms with E-state index in [0.717, 1.165) is 31.4 Å². The highest BCUT2D eigenvalue weighted by molar-refractivity contribution is 6.10. The highest BCUT2D eigenvalue weighted by atomic mass is 16.2. The van der Waals surface area contributed by atoms with Gasteiger partial charge in [-0.2, -0.15) is 0 Å². The van der Waals surface area contributed by atoms with Gasteiger partial charge in [0.15, 0.2) is 0 Å². The Kier molecular flexibility index (Phi) is 4.33. The molecule has 0 saturated carbocycles. The number of nitrogens with zero attached hydrogens (tertiary/aromatic N) is 2. The monoisotopic (exact) mass is 346 g/mol. The minimum absolute atomic E-state index is 0.00531. The third kappa shape index (κ3) is 2.92. The molecule has 2 heterocycles. The summed E-state index contributed by atoms with van der Waals surface area (Å²) in [6.07, 6.45) is 2.88. The zero-order chi connectivity index (χ0) is 18.1. The first-order valence-corrected chi connectivity index (χ1v) is 9.08. The van der Waals surface area contributed by atoms with Crippen molar-refractivity contribution >= 4 is 17.5 Å². The second-order valence-corrected chi connectivity index (χ2v) is 6.96. The van der Waals surface area contributed by atoms with Crippen molar-refractivity contribution < 1.29 is 9.59 Å². The molecule has 0 aliphatic carbocycles. The van der Waals surface area contributed by atoms with E-state index >= 15 is 0 Å². The van der Waals surface area contributed by atoms with Crippen molar-refractivity contribution in [3.63, 3.8) is 0 Å². The Morgan fingerprint density at radius 1 is 1.04 bits per heavy atom. The first-order valence-electron chi connectivity index (χ1n) is 9.08. The summed E-state index contributed by atoms with van der Waals surface area (Å²) in [5.41, 5.74) is 3.32. The molecule has 1 fully saturated rings. The molecule has 0 spiro atoms. The Morgan fingerprint density at radius 2 is 1.73 bits per heavy atom. The molecule has 0 aromatic heterocycles. The molecule has 0 N–H and O–H groups in total. The molecule has 0 bridgehead atoms. The Hall–Kier alpha value is -2.88. The minimum atomic E-state index is -0.127. The average Bonchev–Trinajstić information content (AvgIpc) is 3.22. The van der Waals surface area contributed by atoms with E-state index in [9.17, 15) is 9.59 Å². The molecular formula is C22H22N2O2. The maximum absolute atomic E-state index is 12.9. The molecule has 2 aromatic rings. The minimum Gasteiger partial charge on any atom is -0.338 e. The second-order valence-electron chi connectivity index (χ2n) is 6.96. The normalized spacial score (nSPS) is 19.2. The van der Waals surface area contributed by atoms with Gasteiger partial charge in [0.25, 0.3) is 5.91 Å². The number of benzene rings is 2. The Bertz CT molecular complexity index is 824. The van der Waals surface area contributed by atoms with Gasteiger partial charge in [0.2, 0.25) is 5.91 Å². The summed E-state index contributed by atoms with van der Waals surface area (Å²) in [6, 6.07) is 17.9. The van der Waals surface area contributed by atoms with E-state index in [1.165, 1.54) is 10.5 Å². The summed E-state index contributed by atoms with van der Waals surface area (Å²) in [4.78, 5) is 29.0. The van der Waals surface area contributed by atoms with Crippen LogP contribution in [0.2, 0.25) is 0 Å². The maximum Gasteiger partial charge on any atom is 0.259 e. The van der Waals surface area contributed by atoms with Gasteiger partial charge in [-0.05, 0) is 30.9 Å². The number of amides is 2. The number of rotatable bonds is 4. The van der Waals surface area contributed by atoms with E-state index in [2.05, 4.69) is 18.7 Å². The molecule has 4 rings (SSSR count). The largest absolute Gasteiger partial charge is 0.338 e. The lowest BCUT2D eigenvalue weighted by atomic mass is 10.0. The lowest BCUT2D eigenvalue weighted by Crippen LogP contribution is -2.43. The lowest BCUT2D eigenvalue weighted by Gasteiger charge is -2.27. The van der Waals surface area contributed by atoms with E-state index < -0.39 is 0 Å². The van der Waals surface area contributed by atoms with Crippen LogP contribution in [0.4, 0.5) is 0 Å². The van der Waals surface area contributed by atoms with Gasteiger partial charge in [-0.1, -0.05) is 55.1 Å². The first kappa shape index (κ1) is 16.6. The third-order valence-electron chi connectivity index (χ3n) is 5.34. The Balaban J connectivity index is 1.46. The second kappa shape index (κ2) is 6.79. The summed E-state index contributed by atoms with van der Waals surface area (Å²) in [5.74, 6) is -0.122. The van der Waals surface area contributed by atoms with Crippen molar-refractivity contribution in [3.05, 3.63) is 77.9 Å². The fraction of sp³-hybridized carbons (Fsp3) is 0.273. The third-order valence-corrected chi connectivity index (χ3v) is 5.34. The Morgan fingerprint density at radius 3 is 2.46 bits per heavy atom. The van der Waals surface area contributed by atoms with Crippen LogP contribution >= 0.6 is 0 Å². The molecule has 0 radical (unpaired) electrons. The smallest absolute Gasteiger partial charge is 0.259 e. The van der Waals surface area contributed by atoms with Gasteiger partial charge in [-0.15, -0.1) is 0 Å². The number of hydrogen-bond acceptors (Lipinski definition) is 2. The standard InChI is InChI=1S/C22H22N2O2/c1-16-19-11-5-6-12-20(19)22(26)24(16)15-21(25)23-13-7-10-18(23)14-17-8-3-2-4-9-17/h2-6,8-9,11-12,18H,1,7,10,13-15H2/t18-/m0/s1. The van der Waals surface area contributed by atoms with Crippen molar-refractivity contribution in [3.8, 4) is 0 Å². The van der Waals surface area contributed by atoms with Crippen LogP contribution in [0.25, 0.3) is 5.70 Å². The van der Waals surface area contributed by atoms with Crippen molar-refractivity contribution in [2.75, 3.05) is 13.1 Å². The molecular weight excluding hydrogens is 324 g/mol. The van der Waals surface area contributed by atoms with Crippen molar-refractivity contribution in [2.45, 2.75) is 25.3 Å². The van der Waals surface area contributed by atoms with Crippen LogP contribution in [-0.4, -0.2) is 40.7 Å². The topological polar surface area (TPSA) is 40.6 Å². The van der Waals surface area contributed by atoms with Gasteiger partial charge in [-0.3, -0.25) is 14.5 Å². The molecule has 1 saturated heterocycles. The van der Waals surface area contributed by atoms with Gasteiger partial charge in [0.05, 0.1) is 0 Å². The summed E-state index contributed by atoms with van der Waals surface area (Å²) in [6.45, 7) is 4.86. The molecule has 4 nitrogen and oxygen atoms in total. The van der Waals surface area contributed by atoms with Gasteiger partial charge < -0.3 is 4.90 Å². The van der Waals surface area contributed by atoms with Crippen LogP contribution in [-0.2, 0) is 11.2 Å². The van der Waals surface area contributed by atoms with E-state index in [1.807, 2.05) is 41.3 Å². The summed E-state index contributed by atoms with van der Waals surface area (Å²) >= 11 is 0. The summed E-state index contributed by atoms with van der Waals surface area (Å²) < 4.78 is 0. The van der Waals surface area contributed by atoms with Gasteiger partial charge in [-0.25, -0.2) is 0 Å². The molecule has 132 valence electrons. The number of hydrogen-bond donors (Lipinski definition) is 0. The van der Waals surface area contributed by atoms with E-state index in [0.29, 0.717) is 11.3 Å². The summed E-state index contributed by atoms with van der Waals surface area (Å²) in [7, 11) is 0. The molecule has 2 aliphatic heterocycles. The van der Waals surface area contributed by atoms with Crippen LogP contribution < -0.4 is 0 Å². The lowest BCUT2D eigenvalue weighted by molar-refractivity contribution is -0.132. The highest BCUT2D eigenvalue weighted by Gasteiger charge is 2.35. The van der Waals surface area contributed by atoms with Crippen LogP contribution in [0.15, 0.2) is 61.2 Å². The van der Waals surface area contributed by atoms with Gasteiger partial charge in [0, 0.05) is 29.4 Å². The van der Waals surface area contributed by atoms with Crippen LogP contribution in [0, 0.1) is 0 Å². The van der Waals surface area contributed by atoms with Crippen LogP contribution in [0.1, 0.15) is 34.3 Å². The SMILES string of the molecule is C=C1c2ccccc2C(=O)N1CC(=O)N1CCC[C@H]1Cc1ccccc1. The fourth-order valence-corrected chi connectivity index (χ4v) is 3.99. The van der Waals surface area contributed by atoms with Crippen molar-refractivity contribution in [1.29, 1.82) is 0 Å². The molecule has 2 amide bonds. The van der Waals surface area contributed by atoms with E-state index in [4.69, 9.17) is 0 Å². The van der Waals surface area contributed by atoms with E-state index in [-0.39, 0.29) is 24.4 Å².